The Balaban J connectivity index is 1.58. The Kier molecular flexibility index (Phi) is 6.26. The van der Waals surface area contributed by atoms with Crippen molar-refractivity contribution in [2.24, 2.45) is 0 Å². The molecule has 2 amide bonds. The molecule has 0 spiro atoms. The highest BCUT2D eigenvalue weighted by Crippen LogP contribution is 2.29. The maximum atomic E-state index is 13.1. The molecule has 7 nitrogen and oxygen atoms in total. The fourth-order valence-corrected chi connectivity index (χ4v) is 3.55. The lowest BCUT2D eigenvalue weighted by Gasteiger charge is -2.35. The van der Waals surface area contributed by atoms with Gasteiger partial charge < -0.3 is 14.5 Å². The van der Waals surface area contributed by atoms with Gasteiger partial charge in [-0.1, -0.05) is 0 Å². The third-order valence-corrected chi connectivity index (χ3v) is 5.36. The minimum absolute atomic E-state index is 0.0520. The van der Waals surface area contributed by atoms with E-state index in [2.05, 4.69) is 26.1 Å². The lowest BCUT2D eigenvalue weighted by atomic mass is 10.1. The van der Waals surface area contributed by atoms with E-state index in [0.717, 1.165) is 5.56 Å². The van der Waals surface area contributed by atoms with Crippen molar-refractivity contribution in [2.75, 3.05) is 26.2 Å². The van der Waals surface area contributed by atoms with Crippen molar-refractivity contribution in [3.05, 3.63) is 40.2 Å². The molecule has 1 fully saturated rings. The molecule has 0 radical (unpaired) electrons. The molecule has 0 saturated carbocycles. The smallest absolute Gasteiger partial charge is 0.410 e. The number of hydrogen-bond donors (Lipinski definition) is 1. The van der Waals surface area contributed by atoms with Gasteiger partial charge in [-0.3, -0.25) is 9.89 Å². The Labute approximate surface area is 177 Å². The monoisotopic (exact) mass is 466 g/mol. The highest BCUT2D eigenvalue weighted by atomic mass is 79.9. The van der Waals surface area contributed by atoms with Crippen LogP contribution >= 0.6 is 15.9 Å². The van der Waals surface area contributed by atoms with Crippen LogP contribution in [0.2, 0.25) is 0 Å². The minimum Gasteiger partial charge on any atom is -0.444 e. The average molecular weight is 467 g/mol. The third-order valence-electron chi connectivity index (χ3n) is 4.51. The van der Waals surface area contributed by atoms with E-state index in [1.165, 1.54) is 12.1 Å². The zero-order valence-electron chi connectivity index (χ0n) is 16.7. The van der Waals surface area contributed by atoms with Crippen LogP contribution in [0.15, 0.2) is 28.7 Å². The van der Waals surface area contributed by atoms with Crippen molar-refractivity contribution in [1.82, 2.24) is 20.0 Å². The van der Waals surface area contributed by atoms with E-state index in [4.69, 9.17) is 4.74 Å². The number of carbonyl (C=O) groups is 2. The fraction of sp³-hybridized carbons (Fsp3) is 0.450. The standard InChI is InChI=1S/C20H24BrFN4O3/c1-20(2,3)29-19(28)26-10-8-25(9-11-26)16(27)12-15-17(21)18(24-23-15)13-4-6-14(22)7-5-13/h4-7H,8-12H2,1-3H3,(H,23,24). The van der Waals surface area contributed by atoms with Gasteiger partial charge in [0.1, 0.15) is 17.1 Å². The Hall–Kier alpha value is -2.42. The number of nitrogens with zero attached hydrogens (tertiary/aromatic N) is 3. The number of H-pyrrole nitrogens is 1. The largest absolute Gasteiger partial charge is 0.444 e. The number of aromatic nitrogens is 2. The molecule has 1 aliphatic heterocycles. The molecule has 1 aliphatic rings. The predicted molar refractivity (Wildman–Crippen MR) is 110 cm³/mol. The molecule has 156 valence electrons. The van der Waals surface area contributed by atoms with E-state index < -0.39 is 5.60 Å². The molecule has 0 bridgehead atoms. The molecule has 2 aromatic rings. The van der Waals surface area contributed by atoms with Gasteiger partial charge in [-0.15, -0.1) is 0 Å². The maximum absolute atomic E-state index is 13.1. The topological polar surface area (TPSA) is 78.5 Å². The van der Waals surface area contributed by atoms with Gasteiger partial charge in [0.15, 0.2) is 0 Å². The number of hydrogen-bond acceptors (Lipinski definition) is 4. The number of aromatic amines is 1. The van der Waals surface area contributed by atoms with Crippen LogP contribution in [0.1, 0.15) is 26.5 Å². The summed E-state index contributed by atoms with van der Waals surface area (Å²) < 4.78 is 19.2. The van der Waals surface area contributed by atoms with E-state index >= 15 is 0 Å². The molecule has 0 atom stereocenters. The van der Waals surface area contributed by atoms with Crippen molar-refractivity contribution < 1.29 is 18.7 Å². The number of benzene rings is 1. The summed E-state index contributed by atoms with van der Waals surface area (Å²) in [6.45, 7) is 7.26. The lowest BCUT2D eigenvalue weighted by molar-refractivity contribution is -0.132. The first-order valence-corrected chi connectivity index (χ1v) is 10.2. The predicted octanol–water partition coefficient (Wildman–Crippen LogP) is 3.60. The summed E-state index contributed by atoms with van der Waals surface area (Å²) in [4.78, 5) is 28.2. The first kappa shape index (κ1) is 21.3. The van der Waals surface area contributed by atoms with E-state index in [-0.39, 0.29) is 24.2 Å². The summed E-state index contributed by atoms with van der Waals surface area (Å²) in [5, 5.41) is 7.14. The fourth-order valence-electron chi connectivity index (χ4n) is 3.01. The zero-order chi connectivity index (χ0) is 21.2. The quantitative estimate of drug-likeness (QED) is 0.749. The Morgan fingerprint density at radius 2 is 1.72 bits per heavy atom. The maximum Gasteiger partial charge on any atom is 0.410 e. The van der Waals surface area contributed by atoms with Crippen LogP contribution in [0, 0.1) is 5.82 Å². The molecule has 1 aromatic carbocycles. The van der Waals surface area contributed by atoms with Gasteiger partial charge in [0.25, 0.3) is 0 Å². The highest BCUT2D eigenvalue weighted by Gasteiger charge is 2.28. The first-order chi connectivity index (χ1) is 13.6. The number of halogens is 2. The van der Waals surface area contributed by atoms with Crippen LogP contribution in [-0.2, 0) is 16.0 Å². The first-order valence-electron chi connectivity index (χ1n) is 9.38. The van der Waals surface area contributed by atoms with Crippen molar-refractivity contribution in [3.63, 3.8) is 0 Å². The van der Waals surface area contributed by atoms with Crippen molar-refractivity contribution in [1.29, 1.82) is 0 Å². The summed E-state index contributed by atoms with van der Waals surface area (Å²) in [7, 11) is 0. The summed E-state index contributed by atoms with van der Waals surface area (Å²) >= 11 is 3.49. The molecule has 29 heavy (non-hydrogen) atoms. The number of nitrogens with one attached hydrogen (secondary N) is 1. The van der Waals surface area contributed by atoms with Gasteiger partial charge >= 0.3 is 6.09 Å². The van der Waals surface area contributed by atoms with Crippen molar-refractivity contribution in [3.8, 4) is 11.3 Å². The molecule has 1 saturated heterocycles. The molecule has 9 heteroatoms. The van der Waals surface area contributed by atoms with Crippen LogP contribution < -0.4 is 0 Å². The van der Waals surface area contributed by atoms with Gasteiger partial charge in [-0.25, -0.2) is 9.18 Å². The van der Waals surface area contributed by atoms with E-state index in [1.54, 1.807) is 21.9 Å². The van der Waals surface area contributed by atoms with Crippen LogP contribution in [-0.4, -0.2) is 63.8 Å². The zero-order valence-corrected chi connectivity index (χ0v) is 18.3. The van der Waals surface area contributed by atoms with Crippen LogP contribution in [0.5, 0.6) is 0 Å². The van der Waals surface area contributed by atoms with Crippen LogP contribution in [0.3, 0.4) is 0 Å². The SMILES string of the molecule is CC(C)(C)OC(=O)N1CCN(C(=O)Cc2[nH]nc(-c3ccc(F)cc3)c2Br)CC1. The summed E-state index contributed by atoms with van der Waals surface area (Å²) in [5.41, 5.74) is 1.49. The molecule has 1 aromatic heterocycles. The molecule has 0 aliphatic carbocycles. The van der Waals surface area contributed by atoms with E-state index in [1.807, 2.05) is 20.8 Å². The third kappa shape index (κ3) is 5.35. The Morgan fingerprint density at radius 1 is 1.14 bits per heavy atom. The van der Waals surface area contributed by atoms with Gasteiger partial charge in [0.2, 0.25) is 5.91 Å². The molecule has 3 rings (SSSR count). The molecule has 0 unspecified atom stereocenters. The lowest BCUT2D eigenvalue weighted by Crippen LogP contribution is -2.52. The summed E-state index contributed by atoms with van der Waals surface area (Å²) in [5.74, 6) is -0.370. The van der Waals surface area contributed by atoms with Crippen molar-refractivity contribution in [2.45, 2.75) is 32.8 Å². The molecule has 2 heterocycles. The number of carbonyl (C=O) groups excluding carboxylic acids is 2. The molecular weight excluding hydrogens is 443 g/mol. The molecular formula is C20H24BrFN4O3. The number of amides is 2. The summed E-state index contributed by atoms with van der Waals surface area (Å²) in [6, 6.07) is 6.01. The average Bonchev–Trinajstić information content (AvgIpc) is 3.01. The number of piperazine rings is 1. The van der Waals surface area contributed by atoms with Gasteiger partial charge in [0, 0.05) is 31.7 Å². The second kappa shape index (κ2) is 8.52. The van der Waals surface area contributed by atoms with Gasteiger partial charge in [-0.2, -0.15) is 5.10 Å². The Bertz CT molecular complexity index is 884. The van der Waals surface area contributed by atoms with Crippen LogP contribution in [0.25, 0.3) is 11.3 Å². The van der Waals surface area contributed by atoms with Crippen LogP contribution in [0.4, 0.5) is 9.18 Å². The van der Waals surface area contributed by atoms with E-state index in [9.17, 15) is 14.0 Å². The summed E-state index contributed by atoms with van der Waals surface area (Å²) in [6.07, 6.45) is -0.203. The van der Waals surface area contributed by atoms with Crippen molar-refractivity contribution >= 4 is 27.9 Å². The number of ether oxygens (including phenoxy) is 1. The highest BCUT2D eigenvalue weighted by molar-refractivity contribution is 9.10. The normalized spacial score (nSPS) is 14.8. The second-order valence-electron chi connectivity index (χ2n) is 7.90. The second-order valence-corrected chi connectivity index (χ2v) is 8.69. The minimum atomic E-state index is -0.542. The van der Waals surface area contributed by atoms with E-state index in [0.29, 0.717) is 42.0 Å². The number of rotatable bonds is 3. The van der Waals surface area contributed by atoms with Gasteiger partial charge in [0.05, 0.1) is 16.6 Å². The Morgan fingerprint density at radius 3 is 2.31 bits per heavy atom. The molecule has 1 N–H and O–H groups in total. The van der Waals surface area contributed by atoms with Gasteiger partial charge in [-0.05, 0) is 61.0 Å².